The second-order valence-electron chi connectivity index (χ2n) is 5.98. The van der Waals surface area contributed by atoms with Gasteiger partial charge in [0.15, 0.2) is 0 Å². The number of aryl methyl sites for hydroxylation is 1. The molecule has 24 heavy (non-hydrogen) atoms. The highest BCUT2D eigenvalue weighted by Gasteiger charge is 2.24. The number of hydrogen-bond donors (Lipinski definition) is 4. The summed E-state index contributed by atoms with van der Waals surface area (Å²) in [5.74, 6) is 0.694. The first-order valence-electron chi connectivity index (χ1n) is 7.67. The van der Waals surface area contributed by atoms with Crippen LogP contribution < -0.4 is 10.6 Å². The van der Waals surface area contributed by atoms with Gasteiger partial charge in [-0.05, 0) is 47.9 Å². The summed E-state index contributed by atoms with van der Waals surface area (Å²) in [6.45, 7) is 4.10. The molecule has 126 valence electrons. The first-order chi connectivity index (χ1) is 11.5. The predicted molar refractivity (Wildman–Crippen MR) is 95.0 cm³/mol. The maximum absolute atomic E-state index is 11.9. The first kappa shape index (κ1) is 16.5. The number of nitrogens with one attached hydrogen (secondary N) is 3. The summed E-state index contributed by atoms with van der Waals surface area (Å²) in [4.78, 5) is 19.6. The van der Waals surface area contributed by atoms with Crippen molar-refractivity contribution in [1.82, 2.24) is 20.6 Å². The van der Waals surface area contributed by atoms with Crippen LogP contribution in [0.2, 0.25) is 0 Å². The van der Waals surface area contributed by atoms with E-state index >= 15 is 0 Å². The molecule has 0 radical (unpaired) electrons. The quantitative estimate of drug-likeness (QED) is 0.573. The van der Waals surface area contributed by atoms with Crippen LogP contribution in [-0.4, -0.2) is 27.7 Å². The highest BCUT2D eigenvalue weighted by molar-refractivity contribution is 7.08. The van der Waals surface area contributed by atoms with Crippen LogP contribution in [0.3, 0.4) is 0 Å². The zero-order valence-electron chi connectivity index (χ0n) is 13.6. The molecule has 0 spiro atoms. The lowest BCUT2D eigenvalue weighted by Gasteiger charge is -2.22. The Morgan fingerprint density at radius 2 is 2.21 bits per heavy atom. The molecule has 0 fully saturated rings. The fourth-order valence-electron chi connectivity index (χ4n) is 2.46. The number of aliphatic hydroxyl groups is 1. The van der Waals surface area contributed by atoms with Gasteiger partial charge in [-0.1, -0.05) is 12.1 Å². The van der Waals surface area contributed by atoms with Gasteiger partial charge < -0.3 is 20.7 Å². The van der Waals surface area contributed by atoms with Crippen molar-refractivity contribution in [1.29, 1.82) is 0 Å². The van der Waals surface area contributed by atoms with Gasteiger partial charge in [0.25, 0.3) is 0 Å². The minimum absolute atomic E-state index is 0.134. The van der Waals surface area contributed by atoms with E-state index in [1.807, 2.05) is 41.9 Å². The summed E-state index contributed by atoms with van der Waals surface area (Å²) < 4.78 is 0. The fraction of sp³-hybridized carbons (Fsp3) is 0.294. The van der Waals surface area contributed by atoms with E-state index in [4.69, 9.17) is 0 Å². The van der Waals surface area contributed by atoms with Crippen LogP contribution in [-0.2, 0) is 12.1 Å². The molecule has 4 N–H and O–H groups in total. The van der Waals surface area contributed by atoms with Crippen LogP contribution in [0.1, 0.15) is 23.9 Å². The molecular weight excluding hydrogens is 324 g/mol. The number of benzene rings is 1. The highest BCUT2D eigenvalue weighted by atomic mass is 32.1. The van der Waals surface area contributed by atoms with Gasteiger partial charge in [-0.2, -0.15) is 11.3 Å². The Balaban J connectivity index is 1.54. The topological polar surface area (TPSA) is 90.0 Å². The lowest BCUT2D eigenvalue weighted by molar-refractivity contribution is 0.0598. The van der Waals surface area contributed by atoms with Gasteiger partial charge in [-0.15, -0.1) is 0 Å². The first-order valence-corrected chi connectivity index (χ1v) is 8.61. The Bertz CT molecular complexity index is 840. The van der Waals surface area contributed by atoms with Crippen molar-refractivity contribution in [2.24, 2.45) is 0 Å². The molecule has 2 aromatic heterocycles. The lowest BCUT2D eigenvalue weighted by Crippen LogP contribution is -2.43. The van der Waals surface area contributed by atoms with E-state index < -0.39 is 5.60 Å². The molecule has 1 aromatic carbocycles. The van der Waals surface area contributed by atoms with Crippen molar-refractivity contribution in [3.63, 3.8) is 0 Å². The van der Waals surface area contributed by atoms with Crippen molar-refractivity contribution < 1.29 is 9.90 Å². The maximum atomic E-state index is 11.9. The number of hydrogen-bond acceptors (Lipinski definition) is 4. The number of carbonyl (C=O) groups is 1. The van der Waals surface area contributed by atoms with Crippen LogP contribution in [0.15, 0.2) is 35.0 Å². The van der Waals surface area contributed by atoms with Gasteiger partial charge in [-0.25, -0.2) is 9.78 Å². The summed E-state index contributed by atoms with van der Waals surface area (Å²) in [5.41, 5.74) is 2.66. The Labute approximate surface area is 143 Å². The van der Waals surface area contributed by atoms with Gasteiger partial charge in [0.2, 0.25) is 0 Å². The maximum Gasteiger partial charge on any atom is 0.315 e. The third-order valence-corrected chi connectivity index (χ3v) is 4.60. The molecule has 0 saturated carbocycles. The van der Waals surface area contributed by atoms with Crippen LogP contribution >= 0.6 is 11.3 Å². The van der Waals surface area contributed by atoms with Gasteiger partial charge in [0, 0.05) is 0 Å². The lowest BCUT2D eigenvalue weighted by atomic mass is 9.99. The van der Waals surface area contributed by atoms with Crippen LogP contribution in [0.5, 0.6) is 0 Å². The zero-order valence-corrected chi connectivity index (χ0v) is 14.4. The van der Waals surface area contributed by atoms with Crippen molar-refractivity contribution in [3.8, 4) is 0 Å². The monoisotopic (exact) mass is 344 g/mol. The number of urea groups is 1. The summed E-state index contributed by atoms with van der Waals surface area (Å²) in [6.07, 6.45) is 0. The molecule has 2 heterocycles. The van der Waals surface area contributed by atoms with Gasteiger partial charge >= 0.3 is 6.03 Å². The van der Waals surface area contributed by atoms with Crippen molar-refractivity contribution in [2.75, 3.05) is 6.54 Å². The minimum atomic E-state index is -1.09. The molecule has 1 unspecified atom stereocenters. The van der Waals surface area contributed by atoms with E-state index in [0.29, 0.717) is 12.4 Å². The number of H-pyrrole nitrogens is 1. The van der Waals surface area contributed by atoms with E-state index in [9.17, 15) is 9.90 Å². The molecule has 0 aliphatic carbocycles. The second-order valence-corrected chi connectivity index (χ2v) is 6.76. The molecular formula is C17H20N4O2S. The zero-order chi connectivity index (χ0) is 17.2. The van der Waals surface area contributed by atoms with Crippen LogP contribution in [0.4, 0.5) is 4.79 Å². The normalized spacial score (nSPS) is 13.6. The van der Waals surface area contributed by atoms with Crippen molar-refractivity contribution in [2.45, 2.75) is 26.0 Å². The number of fused-ring (bicyclic) bond motifs is 1. The van der Waals surface area contributed by atoms with Gasteiger partial charge in [0.05, 0.1) is 24.1 Å². The smallest absolute Gasteiger partial charge is 0.315 e. The van der Waals surface area contributed by atoms with Crippen LogP contribution in [0.25, 0.3) is 11.0 Å². The Hall–Kier alpha value is -2.38. The summed E-state index contributed by atoms with van der Waals surface area (Å²) >= 11 is 1.51. The number of carbonyl (C=O) groups excluding carboxylic acids is 1. The van der Waals surface area contributed by atoms with Gasteiger partial charge in [0.1, 0.15) is 11.4 Å². The Morgan fingerprint density at radius 3 is 2.92 bits per heavy atom. The molecule has 6 nitrogen and oxygen atoms in total. The SMILES string of the molecule is Cc1cccc2[nH]c(CNC(=O)NCC(C)(O)c3ccsc3)nc12. The summed E-state index contributed by atoms with van der Waals surface area (Å²) in [7, 11) is 0. The van der Waals surface area contributed by atoms with E-state index in [0.717, 1.165) is 22.2 Å². The van der Waals surface area contributed by atoms with E-state index in [1.165, 1.54) is 11.3 Å². The number of imidazole rings is 1. The molecule has 2 amide bonds. The third-order valence-electron chi connectivity index (χ3n) is 3.92. The molecule has 0 aliphatic heterocycles. The third kappa shape index (κ3) is 3.58. The largest absolute Gasteiger partial charge is 0.384 e. The van der Waals surface area contributed by atoms with Crippen molar-refractivity contribution >= 4 is 28.4 Å². The molecule has 7 heteroatoms. The van der Waals surface area contributed by atoms with E-state index in [2.05, 4.69) is 20.6 Å². The summed E-state index contributed by atoms with van der Waals surface area (Å²) in [6, 6.07) is 7.42. The average molecular weight is 344 g/mol. The molecule has 3 aromatic rings. The van der Waals surface area contributed by atoms with Crippen LogP contribution in [0, 0.1) is 6.92 Å². The minimum Gasteiger partial charge on any atom is -0.384 e. The van der Waals surface area contributed by atoms with E-state index in [-0.39, 0.29) is 12.6 Å². The second kappa shape index (κ2) is 6.62. The number of thiophene rings is 1. The van der Waals surface area contributed by atoms with Crippen molar-refractivity contribution in [3.05, 3.63) is 52.0 Å². The highest BCUT2D eigenvalue weighted by Crippen LogP contribution is 2.22. The summed E-state index contributed by atoms with van der Waals surface area (Å²) in [5, 5.41) is 19.6. The number of rotatable bonds is 5. The Kier molecular flexibility index (Phi) is 4.55. The predicted octanol–water partition coefficient (Wildman–Crippen LogP) is 2.64. The molecule has 0 aliphatic rings. The molecule has 1 atom stereocenters. The molecule has 0 bridgehead atoms. The number of nitrogens with zero attached hydrogens (tertiary/aromatic N) is 1. The fourth-order valence-corrected chi connectivity index (χ4v) is 3.25. The standard InChI is InChI=1S/C17H20N4O2S/c1-11-4-3-5-13-15(11)21-14(20-13)8-18-16(22)19-10-17(2,23)12-6-7-24-9-12/h3-7,9,23H,8,10H2,1-2H3,(H,20,21)(H2,18,19,22). The average Bonchev–Trinajstić information content (AvgIpc) is 3.21. The van der Waals surface area contributed by atoms with E-state index in [1.54, 1.807) is 6.92 Å². The van der Waals surface area contributed by atoms with Gasteiger partial charge in [-0.3, -0.25) is 0 Å². The number of aromatic nitrogens is 2. The number of para-hydroxylation sites is 1. The number of aromatic amines is 1. The molecule has 0 saturated heterocycles. The number of amides is 2. The molecule has 3 rings (SSSR count). The Morgan fingerprint density at radius 1 is 1.38 bits per heavy atom.